The molecule has 0 spiro atoms. The summed E-state index contributed by atoms with van der Waals surface area (Å²) >= 11 is 0. The first-order valence-corrected chi connectivity index (χ1v) is 7.67. The Bertz CT molecular complexity index is 404. The molecule has 20 heavy (non-hydrogen) atoms. The van der Waals surface area contributed by atoms with Gasteiger partial charge in [-0.15, -0.1) is 0 Å². The molecule has 1 saturated heterocycles. The van der Waals surface area contributed by atoms with Gasteiger partial charge in [0.15, 0.2) is 0 Å². The van der Waals surface area contributed by atoms with Crippen LogP contribution in [0.25, 0.3) is 0 Å². The number of likely N-dealkylation sites (N-methyl/N-ethyl adjacent to an activating group) is 2. The fraction of sp³-hybridized carbons (Fsp3) is 0.800. The Morgan fingerprint density at radius 1 is 1.50 bits per heavy atom. The van der Waals surface area contributed by atoms with Crippen molar-refractivity contribution in [2.75, 3.05) is 33.3 Å². The zero-order valence-electron chi connectivity index (χ0n) is 13.2. The van der Waals surface area contributed by atoms with Crippen LogP contribution in [0.2, 0.25) is 0 Å². The Labute approximate surface area is 122 Å². The van der Waals surface area contributed by atoms with Gasteiger partial charge >= 0.3 is 0 Å². The van der Waals surface area contributed by atoms with E-state index in [0.717, 1.165) is 38.4 Å². The number of ether oxygens (including phenoxy) is 1. The Balaban J connectivity index is 2.00. The molecule has 1 aromatic heterocycles. The number of hydrogen-bond acceptors (Lipinski definition) is 4. The predicted molar refractivity (Wildman–Crippen MR) is 81.0 cm³/mol. The standard InChI is InChI=1S/C15H28N4O/c1-5-16-14(15-11-18(4)8-9-20-15)10-13-6-7-19(17-13)12(2)3/h6-7,12,14-16H,5,8-11H2,1-4H3. The van der Waals surface area contributed by atoms with Crippen LogP contribution in [-0.4, -0.2) is 60.1 Å². The van der Waals surface area contributed by atoms with Crippen molar-refractivity contribution >= 4 is 0 Å². The van der Waals surface area contributed by atoms with E-state index in [1.165, 1.54) is 0 Å². The molecule has 1 aromatic rings. The van der Waals surface area contributed by atoms with Crippen molar-refractivity contribution in [1.29, 1.82) is 0 Å². The molecule has 2 rings (SSSR count). The molecular weight excluding hydrogens is 252 g/mol. The minimum atomic E-state index is 0.248. The second kappa shape index (κ2) is 7.20. The quantitative estimate of drug-likeness (QED) is 0.853. The number of hydrogen-bond donors (Lipinski definition) is 1. The van der Waals surface area contributed by atoms with Crippen molar-refractivity contribution in [2.24, 2.45) is 0 Å². The average molecular weight is 280 g/mol. The van der Waals surface area contributed by atoms with Gasteiger partial charge in [0, 0.05) is 37.8 Å². The SMILES string of the molecule is CCNC(Cc1ccn(C(C)C)n1)C1CN(C)CCO1. The molecular formula is C15H28N4O. The molecule has 114 valence electrons. The van der Waals surface area contributed by atoms with Gasteiger partial charge in [0.05, 0.1) is 18.4 Å². The minimum absolute atomic E-state index is 0.248. The molecule has 1 aliphatic rings. The van der Waals surface area contributed by atoms with Crippen molar-refractivity contribution in [3.63, 3.8) is 0 Å². The smallest absolute Gasteiger partial charge is 0.0858 e. The van der Waals surface area contributed by atoms with Crippen LogP contribution in [0, 0.1) is 0 Å². The number of aromatic nitrogens is 2. The molecule has 1 fully saturated rings. The minimum Gasteiger partial charge on any atom is -0.374 e. The summed E-state index contributed by atoms with van der Waals surface area (Å²) in [5, 5.41) is 8.21. The van der Waals surface area contributed by atoms with E-state index in [4.69, 9.17) is 4.74 Å². The molecule has 0 bridgehead atoms. The van der Waals surface area contributed by atoms with Gasteiger partial charge in [0.2, 0.25) is 0 Å². The van der Waals surface area contributed by atoms with Crippen molar-refractivity contribution in [1.82, 2.24) is 20.0 Å². The lowest BCUT2D eigenvalue weighted by Crippen LogP contribution is -2.52. The summed E-state index contributed by atoms with van der Waals surface area (Å²) in [6.07, 6.45) is 3.24. The van der Waals surface area contributed by atoms with Crippen molar-refractivity contribution in [3.05, 3.63) is 18.0 Å². The maximum absolute atomic E-state index is 5.95. The Kier molecular flexibility index (Phi) is 5.57. The van der Waals surface area contributed by atoms with Gasteiger partial charge in [-0.3, -0.25) is 4.68 Å². The number of rotatable bonds is 6. The van der Waals surface area contributed by atoms with E-state index in [2.05, 4.69) is 55.4 Å². The van der Waals surface area contributed by atoms with E-state index in [0.29, 0.717) is 12.1 Å². The summed E-state index contributed by atoms with van der Waals surface area (Å²) in [6, 6.07) is 2.87. The normalized spacial score (nSPS) is 22.4. The van der Waals surface area contributed by atoms with Crippen LogP contribution in [0.1, 0.15) is 32.5 Å². The monoisotopic (exact) mass is 280 g/mol. The van der Waals surface area contributed by atoms with Crippen molar-refractivity contribution in [2.45, 2.75) is 45.4 Å². The van der Waals surface area contributed by atoms with Crippen LogP contribution in [-0.2, 0) is 11.2 Å². The van der Waals surface area contributed by atoms with Gasteiger partial charge in [-0.05, 0) is 33.5 Å². The first-order chi connectivity index (χ1) is 9.60. The molecule has 2 atom stereocenters. The third kappa shape index (κ3) is 4.04. The predicted octanol–water partition coefficient (Wildman–Crippen LogP) is 1.32. The third-order valence-corrected chi connectivity index (χ3v) is 3.83. The Morgan fingerprint density at radius 2 is 2.30 bits per heavy atom. The van der Waals surface area contributed by atoms with Gasteiger partial charge in [-0.1, -0.05) is 6.92 Å². The first-order valence-electron chi connectivity index (χ1n) is 7.67. The van der Waals surface area contributed by atoms with E-state index in [1.54, 1.807) is 0 Å². The number of morpholine rings is 1. The molecule has 0 aromatic carbocycles. The lowest BCUT2D eigenvalue weighted by molar-refractivity contribution is -0.0383. The zero-order chi connectivity index (χ0) is 14.5. The van der Waals surface area contributed by atoms with Crippen LogP contribution < -0.4 is 5.32 Å². The highest BCUT2D eigenvalue weighted by molar-refractivity contribution is 5.04. The van der Waals surface area contributed by atoms with Crippen LogP contribution in [0.5, 0.6) is 0 Å². The van der Waals surface area contributed by atoms with Crippen molar-refractivity contribution in [3.8, 4) is 0 Å². The molecule has 5 nitrogen and oxygen atoms in total. The average Bonchev–Trinajstić information content (AvgIpc) is 2.87. The van der Waals surface area contributed by atoms with E-state index < -0.39 is 0 Å². The van der Waals surface area contributed by atoms with Crippen molar-refractivity contribution < 1.29 is 4.74 Å². The summed E-state index contributed by atoms with van der Waals surface area (Å²) in [5.74, 6) is 0. The van der Waals surface area contributed by atoms with Gasteiger partial charge in [-0.2, -0.15) is 5.10 Å². The molecule has 2 unspecified atom stereocenters. The maximum Gasteiger partial charge on any atom is 0.0858 e. The number of nitrogens with one attached hydrogen (secondary N) is 1. The molecule has 1 N–H and O–H groups in total. The second-order valence-electron chi connectivity index (χ2n) is 5.92. The highest BCUT2D eigenvalue weighted by Crippen LogP contribution is 2.13. The van der Waals surface area contributed by atoms with Gasteiger partial charge < -0.3 is 15.0 Å². The van der Waals surface area contributed by atoms with Crippen LogP contribution in [0.15, 0.2) is 12.3 Å². The fourth-order valence-electron chi connectivity index (χ4n) is 2.65. The molecule has 0 radical (unpaired) electrons. The fourth-order valence-corrected chi connectivity index (χ4v) is 2.65. The molecule has 0 saturated carbocycles. The molecule has 0 aliphatic carbocycles. The van der Waals surface area contributed by atoms with Gasteiger partial charge in [-0.25, -0.2) is 0 Å². The zero-order valence-corrected chi connectivity index (χ0v) is 13.2. The highest BCUT2D eigenvalue weighted by Gasteiger charge is 2.27. The number of nitrogens with zero attached hydrogens (tertiary/aromatic N) is 3. The molecule has 5 heteroatoms. The summed E-state index contributed by atoms with van der Waals surface area (Å²) in [7, 11) is 2.16. The van der Waals surface area contributed by atoms with E-state index in [-0.39, 0.29) is 6.10 Å². The first kappa shape index (κ1) is 15.5. The summed E-state index contributed by atoms with van der Waals surface area (Å²) in [4.78, 5) is 2.34. The van der Waals surface area contributed by atoms with Crippen LogP contribution in [0.4, 0.5) is 0 Å². The largest absolute Gasteiger partial charge is 0.374 e. The Morgan fingerprint density at radius 3 is 2.90 bits per heavy atom. The van der Waals surface area contributed by atoms with Gasteiger partial charge in [0.25, 0.3) is 0 Å². The Hall–Kier alpha value is -0.910. The van der Waals surface area contributed by atoms with Crippen LogP contribution in [0.3, 0.4) is 0 Å². The lowest BCUT2D eigenvalue weighted by Gasteiger charge is -2.35. The second-order valence-corrected chi connectivity index (χ2v) is 5.92. The van der Waals surface area contributed by atoms with E-state index in [1.807, 2.05) is 4.68 Å². The third-order valence-electron chi connectivity index (χ3n) is 3.83. The summed E-state index contributed by atoms with van der Waals surface area (Å²) in [6.45, 7) is 10.2. The lowest BCUT2D eigenvalue weighted by atomic mass is 10.0. The molecule has 2 heterocycles. The van der Waals surface area contributed by atoms with Gasteiger partial charge in [0.1, 0.15) is 0 Å². The molecule has 0 amide bonds. The summed E-state index contributed by atoms with van der Waals surface area (Å²) < 4.78 is 7.97. The van der Waals surface area contributed by atoms with Crippen LogP contribution >= 0.6 is 0 Å². The maximum atomic E-state index is 5.95. The van der Waals surface area contributed by atoms with E-state index in [9.17, 15) is 0 Å². The highest BCUT2D eigenvalue weighted by atomic mass is 16.5. The summed E-state index contributed by atoms with van der Waals surface area (Å²) in [5.41, 5.74) is 1.14. The topological polar surface area (TPSA) is 42.3 Å². The molecule has 1 aliphatic heterocycles. The van der Waals surface area contributed by atoms with E-state index >= 15 is 0 Å².